The predicted molar refractivity (Wildman–Crippen MR) is 80.7 cm³/mol. The highest BCUT2D eigenvalue weighted by atomic mass is 32.2. The Hall–Kier alpha value is -0.130. The molecule has 1 heterocycles. The van der Waals surface area contributed by atoms with Crippen LogP contribution in [0.1, 0.15) is 53.4 Å². The van der Waals surface area contributed by atoms with Crippen LogP contribution in [0.4, 0.5) is 0 Å². The molecule has 2 unspecified atom stereocenters. The van der Waals surface area contributed by atoms with Gasteiger partial charge in [0.1, 0.15) is 0 Å². The molecule has 5 heteroatoms. The van der Waals surface area contributed by atoms with Crippen LogP contribution >= 0.6 is 0 Å². The normalized spacial score (nSPS) is 24.4. The molecule has 1 fully saturated rings. The van der Waals surface area contributed by atoms with Gasteiger partial charge in [0, 0.05) is 25.7 Å². The van der Waals surface area contributed by atoms with E-state index in [0.717, 1.165) is 12.8 Å². The van der Waals surface area contributed by atoms with Gasteiger partial charge in [-0.3, -0.25) is 0 Å². The molecule has 1 rings (SSSR count). The number of nitrogens with zero attached hydrogens (tertiary/aromatic N) is 1. The van der Waals surface area contributed by atoms with Crippen LogP contribution in [0.3, 0.4) is 0 Å². The van der Waals surface area contributed by atoms with Crippen molar-refractivity contribution >= 4 is 10.0 Å². The Kier molecular flexibility index (Phi) is 6.77. The molecule has 0 saturated carbocycles. The van der Waals surface area contributed by atoms with Crippen molar-refractivity contribution in [3.05, 3.63) is 0 Å². The average Bonchev–Trinajstić information content (AvgIpc) is 2.61. The van der Waals surface area contributed by atoms with Gasteiger partial charge in [0.2, 0.25) is 10.0 Å². The molecule has 0 aliphatic carbocycles. The summed E-state index contributed by atoms with van der Waals surface area (Å²) in [6.45, 7) is 10.0. The first-order valence-electron chi connectivity index (χ1n) is 7.60. The van der Waals surface area contributed by atoms with Crippen LogP contribution in [-0.4, -0.2) is 43.6 Å². The Morgan fingerprint density at radius 1 is 1.21 bits per heavy atom. The maximum atomic E-state index is 12.5. The van der Waals surface area contributed by atoms with Crippen LogP contribution in [0.25, 0.3) is 0 Å². The summed E-state index contributed by atoms with van der Waals surface area (Å²) in [6.07, 6.45) is 4.35. The topological polar surface area (TPSA) is 49.4 Å². The second-order valence-corrected chi connectivity index (χ2v) is 8.37. The van der Waals surface area contributed by atoms with Crippen molar-refractivity contribution in [1.82, 2.24) is 9.62 Å². The number of hydrogen-bond donors (Lipinski definition) is 1. The molecule has 0 spiro atoms. The minimum atomic E-state index is -3.14. The summed E-state index contributed by atoms with van der Waals surface area (Å²) >= 11 is 0. The lowest BCUT2D eigenvalue weighted by molar-refractivity contribution is 0.400. The van der Waals surface area contributed by atoms with Crippen molar-refractivity contribution in [3.63, 3.8) is 0 Å². The van der Waals surface area contributed by atoms with E-state index in [1.54, 1.807) is 4.31 Å². The lowest BCUT2D eigenvalue weighted by Gasteiger charge is -2.25. The van der Waals surface area contributed by atoms with Gasteiger partial charge in [-0.1, -0.05) is 27.2 Å². The molecular weight excluding hydrogens is 260 g/mol. The maximum Gasteiger partial charge on any atom is 0.217 e. The van der Waals surface area contributed by atoms with Crippen LogP contribution in [0.5, 0.6) is 0 Å². The lowest BCUT2D eigenvalue weighted by Crippen LogP contribution is -2.43. The third kappa shape index (κ3) is 5.04. The molecule has 1 N–H and O–H groups in total. The van der Waals surface area contributed by atoms with Crippen LogP contribution in [0, 0.1) is 5.92 Å². The predicted octanol–water partition coefficient (Wildman–Crippen LogP) is 2.21. The highest BCUT2D eigenvalue weighted by molar-refractivity contribution is 7.89. The largest absolute Gasteiger partial charge is 0.313 e. The molecule has 1 saturated heterocycles. The minimum Gasteiger partial charge on any atom is -0.313 e. The van der Waals surface area contributed by atoms with Gasteiger partial charge in [-0.25, -0.2) is 12.7 Å². The Labute approximate surface area is 119 Å². The second kappa shape index (κ2) is 7.60. The van der Waals surface area contributed by atoms with Crippen molar-refractivity contribution in [2.24, 2.45) is 5.92 Å². The number of hydrogen-bond acceptors (Lipinski definition) is 3. The molecule has 19 heavy (non-hydrogen) atoms. The zero-order valence-electron chi connectivity index (χ0n) is 12.9. The maximum absolute atomic E-state index is 12.5. The highest BCUT2D eigenvalue weighted by Crippen LogP contribution is 2.23. The Balaban J connectivity index is 2.60. The Bertz CT molecular complexity index is 354. The lowest BCUT2D eigenvalue weighted by atomic mass is 9.98. The molecule has 0 radical (unpaired) electrons. The third-order valence-corrected chi connectivity index (χ3v) is 6.33. The second-order valence-electron chi connectivity index (χ2n) is 6.02. The van der Waals surface area contributed by atoms with Gasteiger partial charge in [0.25, 0.3) is 0 Å². The van der Waals surface area contributed by atoms with Crippen LogP contribution < -0.4 is 5.32 Å². The molecule has 0 aromatic heterocycles. The number of nitrogens with one attached hydrogen (secondary N) is 1. The zero-order valence-corrected chi connectivity index (χ0v) is 13.7. The van der Waals surface area contributed by atoms with E-state index in [4.69, 9.17) is 0 Å². The molecule has 0 amide bonds. The highest BCUT2D eigenvalue weighted by Gasteiger charge is 2.30. The molecular formula is C14H30N2O2S. The van der Waals surface area contributed by atoms with E-state index in [0.29, 0.717) is 31.6 Å². The SMILES string of the molecule is CCC1CCCN(S(=O)(=O)C(C)CNC(C)C)CC1. The fourth-order valence-electron chi connectivity index (χ4n) is 2.56. The van der Waals surface area contributed by atoms with Crippen LogP contribution in [0.15, 0.2) is 0 Å². The van der Waals surface area contributed by atoms with Gasteiger partial charge in [-0.2, -0.15) is 0 Å². The van der Waals surface area contributed by atoms with Crippen LogP contribution in [0.2, 0.25) is 0 Å². The molecule has 1 aliphatic heterocycles. The van der Waals surface area contributed by atoms with Gasteiger partial charge in [0.15, 0.2) is 0 Å². The van der Waals surface area contributed by atoms with E-state index < -0.39 is 10.0 Å². The van der Waals surface area contributed by atoms with Gasteiger partial charge in [-0.15, -0.1) is 0 Å². The Morgan fingerprint density at radius 3 is 2.47 bits per heavy atom. The summed E-state index contributed by atoms with van der Waals surface area (Å²) in [4.78, 5) is 0. The quantitative estimate of drug-likeness (QED) is 0.816. The summed E-state index contributed by atoms with van der Waals surface area (Å²) < 4.78 is 26.8. The van der Waals surface area contributed by atoms with E-state index in [-0.39, 0.29) is 5.25 Å². The van der Waals surface area contributed by atoms with Gasteiger partial charge < -0.3 is 5.32 Å². The van der Waals surface area contributed by atoms with Gasteiger partial charge in [0.05, 0.1) is 5.25 Å². The molecule has 0 aromatic rings. The van der Waals surface area contributed by atoms with E-state index in [1.165, 1.54) is 12.8 Å². The van der Waals surface area contributed by atoms with E-state index in [1.807, 2.05) is 20.8 Å². The molecule has 114 valence electrons. The summed E-state index contributed by atoms with van der Waals surface area (Å²) in [5.41, 5.74) is 0. The van der Waals surface area contributed by atoms with Crippen molar-refractivity contribution in [3.8, 4) is 0 Å². The van der Waals surface area contributed by atoms with Gasteiger partial charge >= 0.3 is 0 Å². The third-order valence-electron chi connectivity index (χ3n) is 4.07. The molecule has 4 nitrogen and oxygen atoms in total. The molecule has 1 aliphatic rings. The smallest absolute Gasteiger partial charge is 0.217 e. The van der Waals surface area contributed by atoms with Crippen molar-refractivity contribution in [2.75, 3.05) is 19.6 Å². The summed E-state index contributed by atoms with van der Waals surface area (Å²) in [6, 6.07) is 0.325. The number of sulfonamides is 1. The molecule has 2 atom stereocenters. The van der Waals surface area contributed by atoms with Crippen LogP contribution in [-0.2, 0) is 10.0 Å². The van der Waals surface area contributed by atoms with Crippen molar-refractivity contribution in [1.29, 1.82) is 0 Å². The van der Waals surface area contributed by atoms with Gasteiger partial charge in [-0.05, 0) is 32.1 Å². The summed E-state index contributed by atoms with van der Waals surface area (Å²) in [5, 5.41) is 2.88. The van der Waals surface area contributed by atoms with Crippen molar-refractivity contribution in [2.45, 2.75) is 64.7 Å². The van der Waals surface area contributed by atoms with Crippen molar-refractivity contribution < 1.29 is 8.42 Å². The zero-order chi connectivity index (χ0) is 14.5. The van der Waals surface area contributed by atoms with E-state index >= 15 is 0 Å². The molecule has 0 aromatic carbocycles. The fourth-order valence-corrected chi connectivity index (χ4v) is 4.12. The average molecular weight is 290 g/mol. The molecule has 0 bridgehead atoms. The summed E-state index contributed by atoms with van der Waals surface area (Å²) in [7, 11) is -3.14. The fraction of sp³-hybridized carbons (Fsp3) is 1.00. The first kappa shape index (κ1) is 16.9. The van der Waals surface area contributed by atoms with E-state index in [2.05, 4.69) is 12.2 Å². The Morgan fingerprint density at radius 2 is 1.89 bits per heavy atom. The minimum absolute atomic E-state index is 0.325. The first-order chi connectivity index (χ1) is 8.87. The monoisotopic (exact) mass is 290 g/mol. The van der Waals surface area contributed by atoms with E-state index in [9.17, 15) is 8.42 Å². The number of rotatable bonds is 6. The first-order valence-corrected chi connectivity index (χ1v) is 9.10. The standard InChI is InChI=1S/C14H30N2O2S/c1-5-14-7-6-9-16(10-8-14)19(17,18)13(4)11-15-12(2)3/h12-15H,5-11H2,1-4H3. The summed E-state index contributed by atoms with van der Waals surface area (Å²) in [5.74, 6) is 0.698.